The Balaban J connectivity index is 3.07. The Morgan fingerprint density at radius 3 is 2.56 bits per heavy atom. The standard InChI is InChI=1S/C12H16N2O4/c1-14(11(15)10(7-13)18-2)9-6-4-3-5-8(9)12(16)17/h3-6,10H,7,13H2,1-2H3,(H,16,17). The number of anilines is 1. The molecule has 0 spiro atoms. The molecule has 1 rings (SSSR count). The van der Waals surface area contributed by atoms with Crippen molar-refractivity contribution in [2.45, 2.75) is 6.10 Å². The van der Waals surface area contributed by atoms with Crippen LogP contribution in [0.1, 0.15) is 10.4 Å². The molecule has 0 heterocycles. The highest BCUT2D eigenvalue weighted by atomic mass is 16.5. The van der Waals surface area contributed by atoms with Gasteiger partial charge in [-0.1, -0.05) is 12.1 Å². The first-order chi connectivity index (χ1) is 8.52. The fourth-order valence-corrected chi connectivity index (χ4v) is 1.58. The molecular formula is C12H16N2O4. The molecule has 0 aliphatic carbocycles. The van der Waals surface area contributed by atoms with Crippen LogP contribution in [0.2, 0.25) is 0 Å². The van der Waals surface area contributed by atoms with E-state index in [1.165, 1.54) is 25.1 Å². The topological polar surface area (TPSA) is 92.9 Å². The Morgan fingerprint density at radius 2 is 2.06 bits per heavy atom. The number of benzene rings is 1. The quantitative estimate of drug-likeness (QED) is 0.787. The smallest absolute Gasteiger partial charge is 0.337 e. The predicted molar refractivity (Wildman–Crippen MR) is 66.7 cm³/mol. The lowest BCUT2D eigenvalue weighted by atomic mass is 10.1. The van der Waals surface area contributed by atoms with Crippen LogP contribution in [-0.4, -0.2) is 43.8 Å². The predicted octanol–water partition coefficient (Wildman–Crippen LogP) is 0.321. The number of hydrogen-bond acceptors (Lipinski definition) is 4. The van der Waals surface area contributed by atoms with Crippen molar-refractivity contribution in [2.24, 2.45) is 5.73 Å². The monoisotopic (exact) mass is 252 g/mol. The second kappa shape index (κ2) is 6.13. The minimum atomic E-state index is -1.09. The van der Waals surface area contributed by atoms with Crippen molar-refractivity contribution in [3.63, 3.8) is 0 Å². The lowest BCUT2D eigenvalue weighted by Gasteiger charge is -2.23. The molecule has 6 nitrogen and oxygen atoms in total. The van der Waals surface area contributed by atoms with Crippen molar-refractivity contribution in [1.82, 2.24) is 0 Å². The molecule has 0 bridgehead atoms. The van der Waals surface area contributed by atoms with Gasteiger partial charge in [0.1, 0.15) is 6.10 Å². The summed E-state index contributed by atoms with van der Waals surface area (Å²) in [6, 6.07) is 6.26. The number of carboxylic acids is 1. The summed E-state index contributed by atoms with van der Waals surface area (Å²) in [6.45, 7) is 0.0366. The zero-order valence-electron chi connectivity index (χ0n) is 10.3. The Kier molecular flexibility index (Phi) is 4.82. The van der Waals surface area contributed by atoms with Gasteiger partial charge in [0.05, 0.1) is 11.3 Å². The first kappa shape index (κ1) is 14.1. The number of carbonyl (C=O) groups is 2. The number of likely N-dealkylation sites (N-methyl/N-ethyl adjacent to an activating group) is 1. The summed E-state index contributed by atoms with van der Waals surface area (Å²) in [5, 5.41) is 9.06. The largest absolute Gasteiger partial charge is 0.478 e. The van der Waals surface area contributed by atoms with Crippen LogP contribution >= 0.6 is 0 Å². The highest BCUT2D eigenvalue weighted by Gasteiger charge is 2.24. The summed E-state index contributed by atoms with van der Waals surface area (Å²) < 4.78 is 4.94. The van der Waals surface area contributed by atoms with Crippen molar-refractivity contribution in [2.75, 3.05) is 25.6 Å². The molecule has 0 fully saturated rings. The number of para-hydroxylation sites is 1. The first-order valence-electron chi connectivity index (χ1n) is 5.35. The lowest BCUT2D eigenvalue weighted by molar-refractivity contribution is -0.127. The molecular weight excluding hydrogens is 236 g/mol. The molecule has 0 saturated heterocycles. The number of nitrogens with zero attached hydrogens (tertiary/aromatic N) is 1. The van der Waals surface area contributed by atoms with Gasteiger partial charge in [0.2, 0.25) is 0 Å². The van der Waals surface area contributed by atoms with Crippen LogP contribution in [0.5, 0.6) is 0 Å². The summed E-state index contributed by atoms with van der Waals surface area (Å²) in [5.74, 6) is -1.47. The van der Waals surface area contributed by atoms with Crippen LogP contribution in [0.4, 0.5) is 5.69 Å². The average molecular weight is 252 g/mol. The molecule has 98 valence electrons. The van der Waals surface area contributed by atoms with Gasteiger partial charge in [-0.15, -0.1) is 0 Å². The van der Waals surface area contributed by atoms with Crippen molar-refractivity contribution < 1.29 is 19.4 Å². The minimum Gasteiger partial charge on any atom is -0.478 e. The fraction of sp³-hybridized carbons (Fsp3) is 0.333. The van der Waals surface area contributed by atoms with Crippen LogP contribution in [0.3, 0.4) is 0 Å². The van der Waals surface area contributed by atoms with Crippen LogP contribution < -0.4 is 10.6 Å². The van der Waals surface area contributed by atoms with E-state index in [1.807, 2.05) is 0 Å². The van der Waals surface area contributed by atoms with E-state index >= 15 is 0 Å². The summed E-state index contributed by atoms with van der Waals surface area (Å²) >= 11 is 0. The molecule has 1 unspecified atom stereocenters. The summed E-state index contributed by atoms with van der Waals surface area (Å²) in [6.07, 6.45) is -0.781. The third kappa shape index (κ3) is 2.85. The maximum absolute atomic E-state index is 12.0. The van der Waals surface area contributed by atoms with Gasteiger partial charge < -0.3 is 20.5 Å². The average Bonchev–Trinajstić information content (AvgIpc) is 2.39. The Bertz CT molecular complexity index is 443. The van der Waals surface area contributed by atoms with Crippen molar-refractivity contribution in [1.29, 1.82) is 0 Å². The number of carboxylic acid groups (broad SMARTS) is 1. The van der Waals surface area contributed by atoms with Gasteiger partial charge in [-0.2, -0.15) is 0 Å². The first-order valence-corrected chi connectivity index (χ1v) is 5.35. The van der Waals surface area contributed by atoms with E-state index in [2.05, 4.69) is 0 Å². The van der Waals surface area contributed by atoms with Crippen molar-refractivity contribution in [3.05, 3.63) is 29.8 Å². The molecule has 6 heteroatoms. The normalized spacial score (nSPS) is 11.9. The van der Waals surface area contributed by atoms with Gasteiger partial charge in [0.25, 0.3) is 5.91 Å². The number of nitrogens with two attached hydrogens (primary N) is 1. The Hall–Kier alpha value is -1.92. The molecule has 1 atom stereocenters. The number of methoxy groups -OCH3 is 1. The van der Waals surface area contributed by atoms with Gasteiger partial charge in [-0.25, -0.2) is 4.79 Å². The van der Waals surface area contributed by atoms with Crippen LogP contribution in [0, 0.1) is 0 Å². The Morgan fingerprint density at radius 1 is 1.44 bits per heavy atom. The summed E-state index contributed by atoms with van der Waals surface area (Å²) in [7, 11) is 2.87. The van der Waals surface area contributed by atoms with E-state index in [4.69, 9.17) is 15.6 Å². The maximum atomic E-state index is 12.0. The zero-order chi connectivity index (χ0) is 13.7. The molecule has 0 aliphatic rings. The van der Waals surface area contributed by atoms with Gasteiger partial charge in [-0.05, 0) is 12.1 Å². The molecule has 0 aliphatic heterocycles. The number of amides is 1. The second-order valence-electron chi connectivity index (χ2n) is 3.68. The third-order valence-corrected chi connectivity index (χ3v) is 2.60. The highest BCUT2D eigenvalue weighted by Crippen LogP contribution is 2.20. The summed E-state index contributed by atoms with van der Waals surface area (Å²) in [4.78, 5) is 24.3. The van der Waals surface area contributed by atoms with Gasteiger partial charge in [0, 0.05) is 20.7 Å². The van der Waals surface area contributed by atoms with E-state index < -0.39 is 12.1 Å². The molecule has 1 amide bonds. The van der Waals surface area contributed by atoms with Crippen molar-refractivity contribution in [3.8, 4) is 0 Å². The molecule has 1 aromatic rings. The van der Waals surface area contributed by atoms with E-state index in [0.29, 0.717) is 5.69 Å². The highest BCUT2D eigenvalue weighted by molar-refractivity contribution is 6.03. The zero-order valence-corrected chi connectivity index (χ0v) is 10.3. The van der Waals surface area contributed by atoms with E-state index in [9.17, 15) is 9.59 Å². The van der Waals surface area contributed by atoms with Gasteiger partial charge in [-0.3, -0.25) is 4.79 Å². The minimum absolute atomic E-state index is 0.0366. The molecule has 18 heavy (non-hydrogen) atoms. The number of hydrogen-bond donors (Lipinski definition) is 2. The third-order valence-electron chi connectivity index (χ3n) is 2.60. The lowest BCUT2D eigenvalue weighted by Crippen LogP contribution is -2.42. The fourth-order valence-electron chi connectivity index (χ4n) is 1.58. The van der Waals surface area contributed by atoms with E-state index in [1.54, 1.807) is 18.2 Å². The van der Waals surface area contributed by atoms with Crippen LogP contribution in [0.25, 0.3) is 0 Å². The van der Waals surface area contributed by atoms with Crippen molar-refractivity contribution >= 4 is 17.6 Å². The second-order valence-corrected chi connectivity index (χ2v) is 3.68. The number of ether oxygens (including phenoxy) is 1. The Labute approximate surface area is 105 Å². The molecule has 1 aromatic carbocycles. The van der Waals surface area contributed by atoms with Gasteiger partial charge >= 0.3 is 5.97 Å². The summed E-state index contributed by atoms with van der Waals surface area (Å²) in [5.41, 5.74) is 5.78. The number of carbonyl (C=O) groups excluding carboxylic acids is 1. The van der Waals surface area contributed by atoms with E-state index in [0.717, 1.165) is 0 Å². The van der Waals surface area contributed by atoms with Gasteiger partial charge in [0.15, 0.2) is 0 Å². The van der Waals surface area contributed by atoms with Crippen LogP contribution in [0.15, 0.2) is 24.3 Å². The maximum Gasteiger partial charge on any atom is 0.337 e. The van der Waals surface area contributed by atoms with E-state index in [-0.39, 0.29) is 18.0 Å². The molecule has 3 N–H and O–H groups in total. The molecule has 0 radical (unpaired) electrons. The number of aromatic carboxylic acids is 1. The SMILES string of the molecule is COC(CN)C(=O)N(C)c1ccccc1C(=O)O. The molecule has 0 aromatic heterocycles. The van der Waals surface area contributed by atoms with Crippen LogP contribution in [-0.2, 0) is 9.53 Å². The number of rotatable bonds is 5. The molecule has 0 saturated carbocycles.